The van der Waals surface area contributed by atoms with Crippen LogP contribution < -0.4 is 11.1 Å². The van der Waals surface area contributed by atoms with Crippen LogP contribution in [0.1, 0.15) is 15.9 Å². The second-order valence-corrected chi connectivity index (χ2v) is 4.07. The first-order valence-corrected chi connectivity index (χ1v) is 5.64. The van der Waals surface area contributed by atoms with E-state index in [9.17, 15) is 13.6 Å². The molecule has 1 heterocycles. The van der Waals surface area contributed by atoms with Crippen molar-refractivity contribution >= 4 is 17.5 Å². The fourth-order valence-electron chi connectivity index (χ4n) is 1.62. The Morgan fingerprint density at radius 3 is 2.70 bits per heavy atom. The van der Waals surface area contributed by atoms with E-state index >= 15 is 0 Å². The van der Waals surface area contributed by atoms with Crippen molar-refractivity contribution in [3.8, 4) is 0 Å². The molecule has 0 fully saturated rings. The lowest BCUT2D eigenvalue weighted by Gasteiger charge is -2.09. The maximum absolute atomic E-state index is 13.0. The molecule has 104 valence electrons. The van der Waals surface area contributed by atoms with E-state index in [1.807, 2.05) is 0 Å². The molecule has 4 N–H and O–H groups in total. The summed E-state index contributed by atoms with van der Waals surface area (Å²) < 4.78 is 25.8. The van der Waals surface area contributed by atoms with Gasteiger partial charge in [0, 0.05) is 6.54 Å². The fourth-order valence-corrected chi connectivity index (χ4v) is 1.62. The number of anilines is 2. The summed E-state index contributed by atoms with van der Waals surface area (Å²) in [6, 6.07) is 4.69. The minimum absolute atomic E-state index is 0.0902. The van der Waals surface area contributed by atoms with Gasteiger partial charge in [-0.25, -0.2) is 18.6 Å². The van der Waals surface area contributed by atoms with Crippen molar-refractivity contribution in [2.24, 2.45) is 0 Å². The van der Waals surface area contributed by atoms with E-state index in [4.69, 9.17) is 10.8 Å². The van der Waals surface area contributed by atoms with Crippen molar-refractivity contribution in [2.75, 3.05) is 11.1 Å². The van der Waals surface area contributed by atoms with Crippen molar-refractivity contribution in [3.63, 3.8) is 0 Å². The molecule has 2 rings (SSSR count). The SMILES string of the molecule is Nc1cnc(NCc2ccc(F)c(F)c2)c(C(=O)O)c1. The lowest BCUT2D eigenvalue weighted by atomic mass is 10.2. The minimum Gasteiger partial charge on any atom is -0.478 e. The summed E-state index contributed by atoms with van der Waals surface area (Å²) in [6.07, 6.45) is 1.31. The van der Waals surface area contributed by atoms with Crippen LogP contribution in [0.2, 0.25) is 0 Å². The molecule has 1 aromatic heterocycles. The van der Waals surface area contributed by atoms with E-state index in [1.54, 1.807) is 0 Å². The number of carboxylic acids is 1. The molecule has 0 radical (unpaired) electrons. The lowest BCUT2D eigenvalue weighted by molar-refractivity contribution is 0.0697. The quantitative estimate of drug-likeness (QED) is 0.799. The molecule has 0 aliphatic carbocycles. The smallest absolute Gasteiger partial charge is 0.339 e. The summed E-state index contributed by atoms with van der Waals surface area (Å²) in [6.45, 7) is 0.106. The van der Waals surface area contributed by atoms with E-state index in [1.165, 1.54) is 18.3 Å². The third-order valence-corrected chi connectivity index (χ3v) is 2.58. The van der Waals surface area contributed by atoms with E-state index in [-0.39, 0.29) is 23.6 Å². The maximum Gasteiger partial charge on any atom is 0.339 e. The summed E-state index contributed by atoms with van der Waals surface area (Å²) in [5.74, 6) is -2.98. The second kappa shape index (κ2) is 5.52. The number of hydrogen-bond donors (Lipinski definition) is 3. The van der Waals surface area contributed by atoms with Crippen LogP contribution in [-0.2, 0) is 6.54 Å². The number of carbonyl (C=O) groups is 1. The minimum atomic E-state index is -1.18. The molecule has 0 bridgehead atoms. The molecule has 20 heavy (non-hydrogen) atoms. The number of aromatic carboxylic acids is 1. The molecule has 2 aromatic rings. The van der Waals surface area contributed by atoms with Gasteiger partial charge in [-0.1, -0.05) is 6.07 Å². The first-order chi connectivity index (χ1) is 9.47. The Balaban J connectivity index is 2.18. The summed E-state index contributed by atoms with van der Waals surface area (Å²) >= 11 is 0. The zero-order chi connectivity index (χ0) is 14.7. The second-order valence-electron chi connectivity index (χ2n) is 4.07. The van der Waals surface area contributed by atoms with Crippen molar-refractivity contribution in [1.82, 2.24) is 4.98 Å². The number of benzene rings is 1. The van der Waals surface area contributed by atoms with Gasteiger partial charge in [-0.05, 0) is 23.8 Å². The van der Waals surface area contributed by atoms with Crippen LogP contribution in [0.15, 0.2) is 30.5 Å². The third kappa shape index (κ3) is 3.00. The molecule has 0 atom stereocenters. The first kappa shape index (κ1) is 13.7. The number of pyridine rings is 1. The van der Waals surface area contributed by atoms with Gasteiger partial charge in [0.1, 0.15) is 11.4 Å². The number of hydrogen-bond acceptors (Lipinski definition) is 4. The molecule has 5 nitrogen and oxygen atoms in total. The molecule has 0 amide bonds. The highest BCUT2D eigenvalue weighted by Crippen LogP contribution is 2.17. The van der Waals surface area contributed by atoms with Crippen LogP contribution in [-0.4, -0.2) is 16.1 Å². The van der Waals surface area contributed by atoms with E-state index in [0.29, 0.717) is 5.56 Å². The summed E-state index contributed by atoms with van der Waals surface area (Å²) in [7, 11) is 0. The maximum atomic E-state index is 13.0. The van der Waals surface area contributed by atoms with Gasteiger partial charge in [-0.2, -0.15) is 0 Å². The lowest BCUT2D eigenvalue weighted by Crippen LogP contribution is -2.09. The first-order valence-electron chi connectivity index (χ1n) is 5.64. The van der Waals surface area contributed by atoms with Crippen LogP contribution in [0.5, 0.6) is 0 Å². The predicted octanol–water partition coefficient (Wildman–Crippen LogP) is 2.25. The summed E-state index contributed by atoms with van der Waals surface area (Å²) in [4.78, 5) is 14.9. The molecule has 7 heteroatoms. The van der Waals surface area contributed by atoms with Crippen molar-refractivity contribution < 1.29 is 18.7 Å². The Labute approximate surface area is 113 Å². The molecule has 0 saturated carbocycles. The van der Waals surface area contributed by atoms with E-state index in [0.717, 1.165) is 12.1 Å². The normalized spacial score (nSPS) is 10.3. The molecule has 0 aliphatic heterocycles. The Bertz CT molecular complexity index is 662. The third-order valence-electron chi connectivity index (χ3n) is 2.58. The van der Waals surface area contributed by atoms with Gasteiger partial charge in [0.05, 0.1) is 11.9 Å². The highest BCUT2D eigenvalue weighted by molar-refractivity contribution is 5.94. The molecule has 1 aromatic carbocycles. The van der Waals surface area contributed by atoms with E-state index in [2.05, 4.69) is 10.3 Å². The standard InChI is InChI=1S/C13H11F2N3O2/c14-10-2-1-7(3-11(10)15)5-17-12-9(13(19)20)4-8(16)6-18-12/h1-4,6H,5,16H2,(H,17,18)(H,19,20). The Morgan fingerprint density at radius 2 is 2.05 bits per heavy atom. The van der Waals surface area contributed by atoms with Gasteiger partial charge in [-0.15, -0.1) is 0 Å². The van der Waals surface area contributed by atoms with Crippen LogP contribution >= 0.6 is 0 Å². The number of nitrogens with two attached hydrogens (primary N) is 1. The van der Waals surface area contributed by atoms with Gasteiger partial charge in [-0.3, -0.25) is 0 Å². The number of carboxylic acid groups (broad SMARTS) is 1. The summed E-state index contributed by atoms with van der Waals surface area (Å²) in [5.41, 5.74) is 6.05. The van der Waals surface area contributed by atoms with Gasteiger partial charge >= 0.3 is 5.97 Å². The number of nitrogens with zero attached hydrogens (tertiary/aromatic N) is 1. The average molecular weight is 279 g/mol. The highest BCUT2D eigenvalue weighted by Gasteiger charge is 2.12. The molecule has 0 unspecified atom stereocenters. The van der Waals surface area contributed by atoms with Gasteiger partial charge < -0.3 is 16.2 Å². The molecule has 0 aliphatic rings. The van der Waals surface area contributed by atoms with Crippen LogP contribution in [0.25, 0.3) is 0 Å². The zero-order valence-corrected chi connectivity index (χ0v) is 10.2. The van der Waals surface area contributed by atoms with Gasteiger partial charge in [0.2, 0.25) is 0 Å². The Kier molecular flexibility index (Phi) is 3.79. The van der Waals surface area contributed by atoms with Crippen LogP contribution in [0.4, 0.5) is 20.3 Å². The number of halogens is 2. The zero-order valence-electron chi connectivity index (χ0n) is 10.2. The number of nitrogens with one attached hydrogen (secondary N) is 1. The average Bonchev–Trinajstić information content (AvgIpc) is 2.41. The van der Waals surface area contributed by atoms with Gasteiger partial charge in [0.25, 0.3) is 0 Å². The molecule has 0 saturated heterocycles. The Morgan fingerprint density at radius 1 is 1.30 bits per heavy atom. The Hall–Kier alpha value is -2.70. The van der Waals surface area contributed by atoms with Crippen LogP contribution in [0, 0.1) is 11.6 Å². The highest BCUT2D eigenvalue weighted by atomic mass is 19.2. The fraction of sp³-hybridized carbons (Fsp3) is 0.0769. The van der Waals surface area contributed by atoms with Crippen molar-refractivity contribution in [2.45, 2.75) is 6.54 Å². The topological polar surface area (TPSA) is 88.2 Å². The van der Waals surface area contributed by atoms with E-state index < -0.39 is 17.6 Å². The molecular formula is C13H11F2N3O2. The molecular weight excluding hydrogens is 268 g/mol. The number of nitrogen functional groups attached to an aromatic ring is 1. The summed E-state index contributed by atoms with van der Waals surface area (Å²) in [5, 5.41) is 11.8. The number of rotatable bonds is 4. The number of aromatic nitrogens is 1. The van der Waals surface area contributed by atoms with Gasteiger partial charge in [0.15, 0.2) is 11.6 Å². The molecule has 0 spiro atoms. The van der Waals surface area contributed by atoms with Crippen LogP contribution in [0.3, 0.4) is 0 Å². The van der Waals surface area contributed by atoms with Crippen molar-refractivity contribution in [3.05, 3.63) is 53.2 Å². The largest absolute Gasteiger partial charge is 0.478 e. The predicted molar refractivity (Wildman–Crippen MR) is 69.3 cm³/mol. The monoisotopic (exact) mass is 279 g/mol. The van der Waals surface area contributed by atoms with Crippen molar-refractivity contribution in [1.29, 1.82) is 0 Å².